The van der Waals surface area contributed by atoms with E-state index in [1.54, 1.807) is 24.6 Å². The van der Waals surface area contributed by atoms with Gasteiger partial charge in [0.15, 0.2) is 6.10 Å². The van der Waals surface area contributed by atoms with Crippen LogP contribution in [-0.2, 0) is 30.9 Å². The molecule has 1 unspecified atom stereocenters. The van der Waals surface area contributed by atoms with Crippen LogP contribution >= 0.6 is 11.6 Å². The summed E-state index contributed by atoms with van der Waals surface area (Å²) in [4.78, 5) is 25.1. The number of hydrogen-bond acceptors (Lipinski definition) is 6. The Kier molecular flexibility index (Phi) is 8.90. The molecule has 0 bridgehead atoms. The Balaban J connectivity index is 1.65. The molecule has 1 N–H and O–H groups in total. The van der Waals surface area contributed by atoms with E-state index in [1.807, 2.05) is 30.3 Å². The third-order valence-corrected chi connectivity index (χ3v) is 7.79. The summed E-state index contributed by atoms with van der Waals surface area (Å²) in [5.41, 5.74) is 3.20. The first-order valence-electron chi connectivity index (χ1n) is 11.4. The van der Waals surface area contributed by atoms with Crippen LogP contribution in [0.25, 0.3) is 6.08 Å². The Bertz CT molecular complexity index is 1430. The minimum absolute atomic E-state index is 0.0334. The number of hydrogen-bond donors (Lipinski definition) is 1. The van der Waals surface area contributed by atoms with Crippen LogP contribution in [0.4, 0.5) is 5.69 Å². The van der Waals surface area contributed by atoms with E-state index in [0.717, 1.165) is 9.87 Å². The zero-order valence-electron chi connectivity index (χ0n) is 21.2. The van der Waals surface area contributed by atoms with Crippen molar-refractivity contribution < 1.29 is 22.7 Å². The molecular formula is C26H29ClN4O5S. The molecule has 1 amide bonds. The predicted molar refractivity (Wildman–Crippen MR) is 143 cm³/mol. The summed E-state index contributed by atoms with van der Waals surface area (Å²) in [5.74, 6) is -1.34. The number of rotatable bonds is 9. The molecule has 37 heavy (non-hydrogen) atoms. The molecule has 11 heteroatoms. The van der Waals surface area contributed by atoms with Gasteiger partial charge in [-0.05, 0) is 50.1 Å². The van der Waals surface area contributed by atoms with E-state index in [1.165, 1.54) is 45.3 Å². The molecule has 0 aliphatic carbocycles. The Labute approximate surface area is 221 Å². The van der Waals surface area contributed by atoms with Gasteiger partial charge in [0.2, 0.25) is 10.0 Å². The maximum Gasteiger partial charge on any atom is 0.331 e. The number of ether oxygens (including phenoxy) is 1. The molecule has 0 saturated carbocycles. The van der Waals surface area contributed by atoms with Gasteiger partial charge < -0.3 is 10.1 Å². The summed E-state index contributed by atoms with van der Waals surface area (Å²) in [6, 6.07) is 14.1. The van der Waals surface area contributed by atoms with Gasteiger partial charge in [0.25, 0.3) is 5.91 Å². The molecule has 1 heterocycles. The highest BCUT2D eigenvalue weighted by atomic mass is 35.5. The van der Waals surface area contributed by atoms with Crippen LogP contribution in [-0.4, -0.2) is 54.6 Å². The number of carbonyl (C=O) groups is 2. The van der Waals surface area contributed by atoms with Crippen molar-refractivity contribution in [2.24, 2.45) is 0 Å². The van der Waals surface area contributed by atoms with Crippen LogP contribution < -0.4 is 5.32 Å². The molecule has 196 valence electrons. The Hall–Kier alpha value is -3.47. The molecule has 1 aromatic heterocycles. The van der Waals surface area contributed by atoms with Gasteiger partial charge in [-0.3, -0.25) is 4.79 Å². The molecule has 0 spiro atoms. The second-order valence-electron chi connectivity index (χ2n) is 8.60. The van der Waals surface area contributed by atoms with Crippen molar-refractivity contribution in [3.05, 3.63) is 82.1 Å². The highest BCUT2D eigenvalue weighted by Crippen LogP contribution is 2.24. The summed E-state index contributed by atoms with van der Waals surface area (Å²) < 4.78 is 32.8. The van der Waals surface area contributed by atoms with Crippen molar-refractivity contribution in [1.29, 1.82) is 0 Å². The normalized spacial score (nSPS) is 12.6. The maximum absolute atomic E-state index is 12.6. The van der Waals surface area contributed by atoms with Crippen LogP contribution in [0.5, 0.6) is 0 Å². The van der Waals surface area contributed by atoms with E-state index < -0.39 is 28.0 Å². The summed E-state index contributed by atoms with van der Waals surface area (Å²) in [7, 11) is -0.834. The van der Waals surface area contributed by atoms with E-state index in [4.69, 9.17) is 16.3 Å². The fourth-order valence-corrected chi connectivity index (χ4v) is 4.60. The average molecular weight is 545 g/mol. The third-order valence-electron chi connectivity index (χ3n) is 5.58. The zero-order chi connectivity index (χ0) is 27.3. The molecule has 0 fully saturated rings. The van der Waals surface area contributed by atoms with Crippen LogP contribution in [0.3, 0.4) is 0 Å². The number of amides is 1. The Morgan fingerprint density at radius 2 is 1.84 bits per heavy atom. The lowest BCUT2D eigenvalue weighted by Crippen LogP contribution is -2.30. The predicted octanol–water partition coefficient (Wildman–Crippen LogP) is 4.04. The molecule has 3 rings (SSSR count). The van der Waals surface area contributed by atoms with E-state index in [2.05, 4.69) is 10.4 Å². The van der Waals surface area contributed by atoms with E-state index in [0.29, 0.717) is 34.2 Å². The third kappa shape index (κ3) is 6.85. The maximum atomic E-state index is 12.6. The van der Waals surface area contributed by atoms with Gasteiger partial charge in [0.1, 0.15) is 5.15 Å². The van der Waals surface area contributed by atoms with Gasteiger partial charge in [-0.2, -0.15) is 5.10 Å². The fraction of sp³-hybridized carbons (Fsp3) is 0.269. The topological polar surface area (TPSA) is 111 Å². The first kappa shape index (κ1) is 28.1. The largest absolute Gasteiger partial charge is 0.449 e. The molecule has 0 saturated heterocycles. The van der Waals surface area contributed by atoms with Gasteiger partial charge in [0.05, 0.1) is 17.1 Å². The molecule has 3 aromatic rings. The Morgan fingerprint density at radius 1 is 1.16 bits per heavy atom. The first-order chi connectivity index (χ1) is 17.4. The summed E-state index contributed by atoms with van der Waals surface area (Å²) in [6.07, 6.45) is 1.55. The number of nitrogens with zero attached hydrogens (tertiary/aromatic N) is 3. The van der Waals surface area contributed by atoms with Gasteiger partial charge in [-0.25, -0.2) is 22.2 Å². The van der Waals surface area contributed by atoms with E-state index >= 15 is 0 Å². The molecule has 0 radical (unpaired) electrons. The number of anilines is 1. The number of halogens is 1. The average Bonchev–Trinajstić information content (AvgIpc) is 3.11. The first-order valence-corrected chi connectivity index (χ1v) is 13.2. The van der Waals surface area contributed by atoms with Crippen molar-refractivity contribution in [2.45, 2.75) is 38.3 Å². The van der Waals surface area contributed by atoms with Crippen molar-refractivity contribution in [2.75, 3.05) is 19.4 Å². The van der Waals surface area contributed by atoms with Crippen molar-refractivity contribution in [3.63, 3.8) is 0 Å². The number of aryl methyl sites for hydroxylation is 2. The number of nitrogens with one attached hydrogen (secondary N) is 1. The summed E-state index contributed by atoms with van der Waals surface area (Å²) in [5, 5.41) is 7.44. The molecule has 1 atom stereocenters. The van der Waals surface area contributed by atoms with Crippen molar-refractivity contribution in [3.8, 4) is 0 Å². The SMILES string of the molecule is Cc1ccc(S(=O)(=O)N(C)C)cc1NC(=O)C(C)OC(=O)/C=C/c1c(C)nn(Cc2ccccc2)c1Cl. The van der Waals surface area contributed by atoms with E-state index in [-0.39, 0.29) is 4.90 Å². The fourth-order valence-electron chi connectivity index (χ4n) is 3.38. The molecule has 0 aliphatic heterocycles. The quantitative estimate of drug-likeness (QED) is 0.321. The monoisotopic (exact) mass is 544 g/mol. The van der Waals surface area contributed by atoms with Crippen molar-refractivity contribution >= 4 is 45.3 Å². The number of esters is 1. The molecule has 2 aromatic carbocycles. The lowest BCUT2D eigenvalue weighted by Gasteiger charge is -2.16. The van der Waals surface area contributed by atoms with Gasteiger partial charge in [-0.1, -0.05) is 48.0 Å². The lowest BCUT2D eigenvalue weighted by molar-refractivity contribution is -0.148. The van der Waals surface area contributed by atoms with Crippen molar-refractivity contribution in [1.82, 2.24) is 14.1 Å². The highest BCUT2D eigenvalue weighted by Gasteiger charge is 2.21. The minimum atomic E-state index is -3.68. The Morgan fingerprint density at radius 3 is 2.49 bits per heavy atom. The number of aromatic nitrogens is 2. The van der Waals surface area contributed by atoms with Gasteiger partial charge >= 0.3 is 5.97 Å². The van der Waals surface area contributed by atoms with Crippen LogP contribution in [0.1, 0.15) is 29.3 Å². The standard InChI is InChI=1S/C26H29ClN4O5S/c1-17-11-12-21(37(34,35)30(4)5)15-23(17)28-26(33)19(3)36-24(32)14-13-22-18(2)29-31(25(22)27)16-20-9-7-6-8-10-20/h6-15,19H,16H2,1-5H3,(H,28,33)/b14-13+. The highest BCUT2D eigenvalue weighted by molar-refractivity contribution is 7.89. The second-order valence-corrected chi connectivity index (χ2v) is 11.1. The number of benzene rings is 2. The van der Waals surface area contributed by atoms with Crippen LogP contribution in [0, 0.1) is 13.8 Å². The molecule has 9 nitrogen and oxygen atoms in total. The van der Waals surface area contributed by atoms with Crippen LogP contribution in [0.2, 0.25) is 5.15 Å². The lowest BCUT2D eigenvalue weighted by atomic mass is 10.2. The smallest absolute Gasteiger partial charge is 0.331 e. The number of carbonyl (C=O) groups excluding carboxylic acids is 2. The van der Waals surface area contributed by atoms with Gasteiger partial charge in [0, 0.05) is 31.4 Å². The summed E-state index contributed by atoms with van der Waals surface area (Å²) >= 11 is 6.48. The minimum Gasteiger partial charge on any atom is -0.449 e. The van der Waals surface area contributed by atoms with Crippen LogP contribution in [0.15, 0.2) is 59.5 Å². The zero-order valence-corrected chi connectivity index (χ0v) is 22.8. The molecule has 0 aliphatic rings. The second kappa shape index (κ2) is 11.7. The van der Waals surface area contributed by atoms with Gasteiger partial charge in [-0.15, -0.1) is 0 Å². The van der Waals surface area contributed by atoms with E-state index in [9.17, 15) is 18.0 Å². The number of sulfonamides is 1. The molecular weight excluding hydrogens is 516 g/mol. The summed E-state index contributed by atoms with van der Waals surface area (Å²) in [6.45, 7) is 5.41.